The SMILES string of the molecule is CC(C)[C@H](c1ccc(Cl)cc1)[C@H](N)C(=O)Nc1cccc(F)c1CCC[C@H]1CNC[C@@H](C)N1S(=O)(=O)c1ccccc1. The van der Waals surface area contributed by atoms with Crippen molar-refractivity contribution in [3.8, 4) is 0 Å². The van der Waals surface area contributed by atoms with E-state index in [0.29, 0.717) is 48.6 Å². The molecule has 4 atom stereocenters. The molecule has 7 nitrogen and oxygen atoms in total. The maximum absolute atomic E-state index is 15.1. The Labute approximate surface area is 253 Å². The molecule has 4 rings (SSSR count). The second-order valence-corrected chi connectivity index (χ2v) is 13.6. The van der Waals surface area contributed by atoms with Crippen molar-refractivity contribution in [1.82, 2.24) is 9.62 Å². The summed E-state index contributed by atoms with van der Waals surface area (Å²) in [5, 5.41) is 6.79. The lowest BCUT2D eigenvalue weighted by Gasteiger charge is -2.40. The Morgan fingerprint density at radius 3 is 2.43 bits per heavy atom. The molecule has 3 aromatic carbocycles. The number of rotatable bonds is 11. The number of nitrogens with two attached hydrogens (primary N) is 1. The minimum atomic E-state index is -3.70. The highest BCUT2D eigenvalue weighted by Gasteiger charge is 2.37. The van der Waals surface area contributed by atoms with Gasteiger partial charge in [-0.2, -0.15) is 4.31 Å². The number of nitrogens with one attached hydrogen (secondary N) is 2. The van der Waals surface area contributed by atoms with E-state index in [-0.39, 0.29) is 28.8 Å². The third-order valence-electron chi connectivity index (χ3n) is 7.94. The lowest BCUT2D eigenvalue weighted by Crippen LogP contribution is -2.58. The molecular weight excluding hydrogens is 575 g/mol. The molecule has 0 radical (unpaired) electrons. The van der Waals surface area contributed by atoms with E-state index in [1.807, 2.05) is 32.9 Å². The Morgan fingerprint density at radius 2 is 1.76 bits per heavy atom. The molecule has 0 saturated carbocycles. The summed E-state index contributed by atoms with van der Waals surface area (Å²) in [4.78, 5) is 13.6. The van der Waals surface area contributed by atoms with Crippen molar-refractivity contribution in [2.75, 3.05) is 18.4 Å². The topological polar surface area (TPSA) is 105 Å². The van der Waals surface area contributed by atoms with Crippen LogP contribution in [0.3, 0.4) is 0 Å². The van der Waals surface area contributed by atoms with Crippen LogP contribution in [0.1, 0.15) is 50.7 Å². The summed E-state index contributed by atoms with van der Waals surface area (Å²) < 4.78 is 43.7. The zero-order valence-corrected chi connectivity index (χ0v) is 25.8. The molecule has 1 aliphatic rings. The Bertz CT molecular complexity index is 1450. The number of sulfonamides is 1. The standard InChI is InChI=1S/C32H40ClFN4O3S/c1-21(2)30(23-15-17-24(33)18-16-23)31(35)32(39)37-29-14-8-13-28(34)27(29)12-7-9-25-20-36-19-22(3)38(25)42(40,41)26-10-5-4-6-11-26/h4-6,8,10-11,13-18,21-22,25,30-31,36H,7,9,12,19-20,35H2,1-3H3,(H,37,39)/t22-,25+,30-,31+/m1/s1. The van der Waals surface area contributed by atoms with Gasteiger partial charge in [-0.15, -0.1) is 0 Å². The van der Waals surface area contributed by atoms with Crippen LogP contribution < -0.4 is 16.4 Å². The van der Waals surface area contributed by atoms with Crippen LogP contribution in [0.25, 0.3) is 0 Å². The monoisotopic (exact) mass is 614 g/mol. The first-order valence-electron chi connectivity index (χ1n) is 14.4. The van der Waals surface area contributed by atoms with Gasteiger partial charge in [0.1, 0.15) is 5.82 Å². The van der Waals surface area contributed by atoms with Crippen LogP contribution in [0.4, 0.5) is 10.1 Å². The Balaban J connectivity index is 1.47. The van der Waals surface area contributed by atoms with Gasteiger partial charge in [0, 0.05) is 47.4 Å². The number of carbonyl (C=O) groups excluding carboxylic acids is 1. The largest absolute Gasteiger partial charge is 0.324 e. The number of hydrogen-bond donors (Lipinski definition) is 3. The maximum atomic E-state index is 15.1. The lowest BCUT2D eigenvalue weighted by atomic mass is 9.82. The van der Waals surface area contributed by atoms with Crippen LogP contribution in [-0.4, -0.2) is 49.8 Å². The lowest BCUT2D eigenvalue weighted by molar-refractivity contribution is -0.118. The highest BCUT2D eigenvalue weighted by molar-refractivity contribution is 7.89. The van der Waals surface area contributed by atoms with Crippen molar-refractivity contribution in [3.63, 3.8) is 0 Å². The predicted octanol–water partition coefficient (Wildman–Crippen LogP) is 5.56. The molecule has 226 valence electrons. The molecule has 10 heteroatoms. The van der Waals surface area contributed by atoms with Gasteiger partial charge in [-0.25, -0.2) is 12.8 Å². The highest BCUT2D eigenvalue weighted by Crippen LogP contribution is 2.30. The molecule has 3 aromatic rings. The summed E-state index contributed by atoms with van der Waals surface area (Å²) >= 11 is 6.05. The molecule has 1 saturated heterocycles. The molecule has 1 amide bonds. The van der Waals surface area contributed by atoms with Crippen molar-refractivity contribution >= 4 is 33.2 Å². The normalized spacial score (nSPS) is 19.4. The van der Waals surface area contributed by atoms with Crippen LogP contribution in [0.5, 0.6) is 0 Å². The summed E-state index contributed by atoms with van der Waals surface area (Å²) in [5.74, 6) is -1.03. The molecule has 4 N–H and O–H groups in total. The zero-order valence-electron chi connectivity index (χ0n) is 24.3. The van der Waals surface area contributed by atoms with Gasteiger partial charge >= 0.3 is 0 Å². The van der Waals surface area contributed by atoms with E-state index in [2.05, 4.69) is 10.6 Å². The summed E-state index contributed by atoms with van der Waals surface area (Å²) in [6.07, 6.45) is 1.37. The number of halogens is 2. The fraction of sp³-hybridized carbons (Fsp3) is 0.406. The smallest absolute Gasteiger partial charge is 0.243 e. The van der Waals surface area contributed by atoms with Crippen molar-refractivity contribution in [2.45, 2.75) is 69.0 Å². The third kappa shape index (κ3) is 7.38. The molecule has 1 aliphatic heterocycles. The van der Waals surface area contributed by atoms with Gasteiger partial charge < -0.3 is 16.4 Å². The van der Waals surface area contributed by atoms with Gasteiger partial charge in [0.15, 0.2) is 0 Å². The molecule has 1 heterocycles. The number of nitrogens with zero attached hydrogens (tertiary/aromatic N) is 1. The average molecular weight is 615 g/mol. The first-order valence-corrected chi connectivity index (χ1v) is 16.2. The second kappa shape index (κ2) is 14.1. The van der Waals surface area contributed by atoms with Gasteiger partial charge in [0.05, 0.1) is 10.9 Å². The number of hydrogen-bond acceptors (Lipinski definition) is 5. The van der Waals surface area contributed by atoms with Crippen molar-refractivity contribution in [1.29, 1.82) is 0 Å². The average Bonchev–Trinajstić information content (AvgIpc) is 2.95. The summed E-state index contributed by atoms with van der Waals surface area (Å²) in [6.45, 7) is 6.96. The van der Waals surface area contributed by atoms with E-state index in [1.54, 1.807) is 58.9 Å². The molecule has 0 spiro atoms. The molecule has 0 unspecified atom stereocenters. The van der Waals surface area contributed by atoms with Crippen LogP contribution in [-0.2, 0) is 21.2 Å². The number of amides is 1. The third-order valence-corrected chi connectivity index (χ3v) is 10.3. The Hall–Kier alpha value is -2.82. The fourth-order valence-corrected chi connectivity index (χ4v) is 7.88. The van der Waals surface area contributed by atoms with Gasteiger partial charge in [0.2, 0.25) is 15.9 Å². The highest BCUT2D eigenvalue weighted by atomic mass is 35.5. The van der Waals surface area contributed by atoms with Crippen molar-refractivity contribution in [2.24, 2.45) is 11.7 Å². The summed E-state index contributed by atoms with van der Waals surface area (Å²) in [5.41, 5.74) is 8.13. The quantitative estimate of drug-likeness (QED) is 0.262. The predicted molar refractivity (Wildman–Crippen MR) is 167 cm³/mol. The first-order chi connectivity index (χ1) is 20.0. The van der Waals surface area contributed by atoms with E-state index < -0.39 is 27.8 Å². The fourth-order valence-electron chi connectivity index (χ4n) is 5.89. The van der Waals surface area contributed by atoms with Gasteiger partial charge in [-0.1, -0.05) is 61.8 Å². The summed E-state index contributed by atoms with van der Waals surface area (Å²) in [6, 6.07) is 18.9. The van der Waals surface area contributed by atoms with Crippen LogP contribution in [0.15, 0.2) is 77.7 Å². The number of benzene rings is 3. The van der Waals surface area contributed by atoms with Crippen LogP contribution >= 0.6 is 11.6 Å². The van der Waals surface area contributed by atoms with Gasteiger partial charge in [-0.05, 0) is 74.1 Å². The van der Waals surface area contributed by atoms with E-state index in [9.17, 15) is 13.2 Å². The molecule has 1 fully saturated rings. The van der Waals surface area contributed by atoms with E-state index in [0.717, 1.165) is 5.56 Å². The van der Waals surface area contributed by atoms with Crippen molar-refractivity contribution < 1.29 is 17.6 Å². The van der Waals surface area contributed by atoms with Gasteiger partial charge in [-0.3, -0.25) is 4.79 Å². The van der Waals surface area contributed by atoms with Gasteiger partial charge in [0.25, 0.3) is 0 Å². The molecule has 0 aliphatic carbocycles. The minimum absolute atomic E-state index is 0.0699. The van der Waals surface area contributed by atoms with E-state index in [1.165, 1.54) is 6.07 Å². The Morgan fingerprint density at radius 1 is 1.07 bits per heavy atom. The van der Waals surface area contributed by atoms with Crippen molar-refractivity contribution in [3.05, 3.63) is 94.8 Å². The summed E-state index contributed by atoms with van der Waals surface area (Å²) in [7, 11) is -3.70. The number of piperazine rings is 1. The molecular formula is C32H40ClFN4O3S. The first kappa shape index (κ1) is 32.1. The van der Waals surface area contributed by atoms with E-state index >= 15 is 4.39 Å². The van der Waals surface area contributed by atoms with Crippen LogP contribution in [0.2, 0.25) is 5.02 Å². The number of anilines is 1. The minimum Gasteiger partial charge on any atom is -0.324 e. The second-order valence-electron chi connectivity index (χ2n) is 11.3. The Kier molecular flexibility index (Phi) is 10.8. The molecule has 42 heavy (non-hydrogen) atoms. The van der Waals surface area contributed by atoms with Crippen LogP contribution in [0, 0.1) is 11.7 Å². The van der Waals surface area contributed by atoms with E-state index in [4.69, 9.17) is 17.3 Å². The molecule has 0 aromatic heterocycles. The molecule has 0 bridgehead atoms. The zero-order chi connectivity index (χ0) is 30.4. The number of carbonyl (C=O) groups is 1. The maximum Gasteiger partial charge on any atom is 0.243 e.